The highest BCUT2D eigenvalue weighted by Gasteiger charge is 2.29. The standard InChI is InChI=1S/C13H19BrN2O2S.ClH/c1-10-3-4-11(14)9-13(10)19(17,18)16-7-5-12(15-2)6-8-16;/h3-4,9,12,15H,5-8H2,1-2H3;1H. The third-order valence-corrected chi connectivity index (χ3v) is 6.16. The fraction of sp³-hybridized carbons (Fsp3) is 0.538. The van der Waals surface area contributed by atoms with Gasteiger partial charge in [0.2, 0.25) is 10.0 Å². The SMILES string of the molecule is CNC1CCN(S(=O)(=O)c2cc(Br)ccc2C)CC1.Cl. The predicted octanol–water partition coefficient (Wildman–Crippen LogP) is 2.55. The molecule has 1 aromatic rings. The zero-order valence-electron chi connectivity index (χ0n) is 11.6. The monoisotopic (exact) mass is 382 g/mol. The van der Waals surface area contributed by atoms with Crippen LogP contribution >= 0.6 is 28.3 Å². The zero-order valence-corrected chi connectivity index (χ0v) is 14.8. The highest BCUT2D eigenvalue weighted by Crippen LogP contribution is 2.26. The second-order valence-electron chi connectivity index (χ2n) is 4.88. The Balaban J connectivity index is 0.00000200. The van der Waals surface area contributed by atoms with E-state index in [0.717, 1.165) is 22.9 Å². The van der Waals surface area contributed by atoms with Crippen molar-refractivity contribution in [3.63, 3.8) is 0 Å². The molecular weight excluding hydrogens is 364 g/mol. The van der Waals surface area contributed by atoms with Crippen LogP contribution in [0.1, 0.15) is 18.4 Å². The van der Waals surface area contributed by atoms with Crippen LogP contribution in [0.4, 0.5) is 0 Å². The molecule has 1 aliphatic heterocycles. The van der Waals surface area contributed by atoms with E-state index in [1.54, 1.807) is 10.4 Å². The van der Waals surface area contributed by atoms with E-state index in [9.17, 15) is 8.42 Å². The first-order valence-corrected chi connectivity index (χ1v) is 8.62. The Labute approximate surface area is 135 Å². The number of aryl methyl sites for hydroxylation is 1. The average molecular weight is 384 g/mol. The molecule has 1 aliphatic rings. The van der Waals surface area contributed by atoms with Gasteiger partial charge in [-0.15, -0.1) is 12.4 Å². The summed E-state index contributed by atoms with van der Waals surface area (Å²) in [5.74, 6) is 0. The molecule has 4 nitrogen and oxygen atoms in total. The minimum absolute atomic E-state index is 0. The van der Waals surface area contributed by atoms with E-state index in [1.807, 2.05) is 26.1 Å². The first-order chi connectivity index (χ1) is 8.95. The molecule has 0 spiro atoms. The maximum Gasteiger partial charge on any atom is 0.243 e. The molecule has 1 aromatic carbocycles. The van der Waals surface area contributed by atoms with Gasteiger partial charge in [-0.25, -0.2) is 8.42 Å². The fourth-order valence-corrected chi connectivity index (χ4v) is 4.61. The van der Waals surface area contributed by atoms with Crippen molar-refractivity contribution in [2.24, 2.45) is 0 Å². The van der Waals surface area contributed by atoms with Crippen LogP contribution in [0.15, 0.2) is 27.6 Å². The summed E-state index contributed by atoms with van der Waals surface area (Å²) in [5.41, 5.74) is 0.791. The molecule has 0 atom stereocenters. The van der Waals surface area contributed by atoms with Crippen LogP contribution in [-0.4, -0.2) is 38.9 Å². The van der Waals surface area contributed by atoms with Crippen LogP contribution < -0.4 is 5.32 Å². The molecule has 20 heavy (non-hydrogen) atoms. The van der Waals surface area contributed by atoms with Gasteiger partial charge >= 0.3 is 0 Å². The van der Waals surface area contributed by atoms with Gasteiger partial charge in [-0.05, 0) is 44.5 Å². The van der Waals surface area contributed by atoms with Crippen molar-refractivity contribution >= 4 is 38.4 Å². The molecular formula is C13H20BrClN2O2S. The Bertz CT molecular complexity index is 557. The van der Waals surface area contributed by atoms with Crippen molar-refractivity contribution in [2.75, 3.05) is 20.1 Å². The second kappa shape index (κ2) is 7.22. The van der Waals surface area contributed by atoms with Gasteiger partial charge in [0.1, 0.15) is 0 Å². The molecule has 0 amide bonds. The highest BCUT2D eigenvalue weighted by molar-refractivity contribution is 9.10. The second-order valence-corrected chi connectivity index (χ2v) is 7.70. The molecule has 0 radical (unpaired) electrons. The molecule has 0 unspecified atom stereocenters. The third-order valence-electron chi connectivity index (χ3n) is 3.63. The molecule has 1 saturated heterocycles. The van der Waals surface area contributed by atoms with E-state index in [4.69, 9.17) is 0 Å². The number of hydrogen-bond acceptors (Lipinski definition) is 3. The number of benzene rings is 1. The molecule has 7 heteroatoms. The first-order valence-electron chi connectivity index (χ1n) is 6.38. The van der Waals surface area contributed by atoms with E-state index in [0.29, 0.717) is 24.0 Å². The first kappa shape index (κ1) is 17.9. The van der Waals surface area contributed by atoms with Crippen molar-refractivity contribution in [1.82, 2.24) is 9.62 Å². The van der Waals surface area contributed by atoms with Crippen LogP contribution in [0.5, 0.6) is 0 Å². The summed E-state index contributed by atoms with van der Waals surface area (Å²) in [6, 6.07) is 5.81. The highest BCUT2D eigenvalue weighted by atomic mass is 79.9. The van der Waals surface area contributed by atoms with E-state index >= 15 is 0 Å². The molecule has 0 bridgehead atoms. The molecule has 1 fully saturated rings. The van der Waals surface area contributed by atoms with Crippen molar-refractivity contribution < 1.29 is 8.42 Å². The Kier molecular flexibility index (Phi) is 6.47. The van der Waals surface area contributed by atoms with E-state index in [2.05, 4.69) is 21.2 Å². The quantitative estimate of drug-likeness (QED) is 0.872. The number of piperidine rings is 1. The Hall–Kier alpha value is -0.140. The largest absolute Gasteiger partial charge is 0.317 e. The van der Waals surface area contributed by atoms with Crippen molar-refractivity contribution in [3.05, 3.63) is 28.2 Å². The molecule has 114 valence electrons. The summed E-state index contributed by atoms with van der Waals surface area (Å²) in [5, 5.41) is 3.21. The minimum atomic E-state index is -3.37. The maximum atomic E-state index is 12.6. The van der Waals surface area contributed by atoms with Gasteiger partial charge in [-0.3, -0.25) is 0 Å². The lowest BCUT2D eigenvalue weighted by molar-refractivity contribution is 0.298. The van der Waals surface area contributed by atoms with E-state index in [-0.39, 0.29) is 12.4 Å². The molecule has 0 saturated carbocycles. The van der Waals surface area contributed by atoms with Gasteiger partial charge in [-0.2, -0.15) is 4.31 Å². The number of sulfonamides is 1. The number of rotatable bonds is 3. The van der Waals surface area contributed by atoms with Crippen molar-refractivity contribution in [2.45, 2.75) is 30.7 Å². The molecule has 2 rings (SSSR count). The molecule has 1 N–H and O–H groups in total. The smallest absolute Gasteiger partial charge is 0.243 e. The van der Waals surface area contributed by atoms with Crippen molar-refractivity contribution in [1.29, 1.82) is 0 Å². The van der Waals surface area contributed by atoms with Gasteiger partial charge in [0, 0.05) is 23.6 Å². The number of nitrogens with one attached hydrogen (secondary N) is 1. The van der Waals surface area contributed by atoms with Crippen LogP contribution in [0.25, 0.3) is 0 Å². The van der Waals surface area contributed by atoms with Gasteiger partial charge in [0.25, 0.3) is 0 Å². The maximum absolute atomic E-state index is 12.6. The van der Waals surface area contributed by atoms with Crippen LogP contribution in [-0.2, 0) is 10.0 Å². The van der Waals surface area contributed by atoms with E-state index < -0.39 is 10.0 Å². The van der Waals surface area contributed by atoms with Gasteiger partial charge in [0.15, 0.2) is 0 Å². The summed E-state index contributed by atoms with van der Waals surface area (Å²) >= 11 is 3.34. The fourth-order valence-electron chi connectivity index (χ4n) is 2.38. The number of halogens is 2. The Morgan fingerprint density at radius 2 is 1.90 bits per heavy atom. The number of hydrogen-bond donors (Lipinski definition) is 1. The Morgan fingerprint density at radius 1 is 1.30 bits per heavy atom. The lowest BCUT2D eigenvalue weighted by Gasteiger charge is -2.31. The van der Waals surface area contributed by atoms with Gasteiger partial charge < -0.3 is 5.32 Å². The van der Waals surface area contributed by atoms with Crippen LogP contribution in [0, 0.1) is 6.92 Å². The summed E-state index contributed by atoms with van der Waals surface area (Å²) in [6.07, 6.45) is 1.73. The molecule has 0 aliphatic carbocycles. The summed E-state index contributed by atoms with van der Waals surface area (Å²) < 4.78 is 27.7. The minimum Gasteiger partial charge on any atom is -0.317 e. The topological polar surface area (TPSA) is 49.4 Å². The van der Waals surface area contributed by atoms with E-state index in [1.165, 1.54) is 0 Å². The number of nitrogens with zero attached hydrogens (tertiary/aromatic N) is 1. The average Bonchev–Trinajstić information content (AvgIpc) is 2.41. The van der Waals surface area contributed by atoms with Gasteiger partial charge in [-0.1, -0.05) is 22.0 Å². The normalized spacial score (nSPS) is 17.8. The Morgan fingerprint density at radius 3 is 2.45 bits per heavy atom. The summed E-state index contributed by atoms with van der Waals surface area (Å²) in [6.45, 7) is 3.00. The summed E-state index contributed by atoms with van der Waals surface area (Å²) in [7, 11) is -1.45. The third kappa shape index (κ3) is 3.74. The predicted molar refractivity (Wildman–Crippen MR) is 87.0 cm³/mol. The zero-order chi connectivity index (χ0) is 14.0. The summed E-state index contributed by atoms with van der Waals surface area (Å²) in [4.78, 5) is 0.407. The van der Waals surface area contributed by atoms with Gasteiger partial charge in [0.05, 0.1) is 4.90 Å². The lowest BCUT2D eigenvalue weighted by atomic mass is 10.1. The molecule has 0 aromatic heterocycles. The molecule has 1 heterocycles. The van der Waals surface area contributed by atoms with Crippen molar-refractivity contribution in [3.8, 4) is 0 Å². The lowest BCUT2D eigenvalue weighted by Crippen LogP contribution is -2.44. The van der Waals surface area contributed by atoms with Crippen LogP contribution in [0.3, 0.4) is 0 Å². The van der Waals surface area contributed by atoms with Crippen LogP contribution in [0.2, 0.25) is 0 Å².